The molecule has 2 aromatic heterocycles. The Labute approximate surface area is 180 Å². The van der Waals surface area contributed by atoms with Gasteiger partial charge >= 0.3 is 5.63 Å². The van der Waals surface area contributed by atoms with Gasteiger partial charge in [0.2, 0.25) is 5.91 Å². The Bertz CT molecular complexity index is 1360. The highest BCUT2D eigenvalue weighted by molar-refractivity contribution is 7.91. The minimum absolute atomic E-state index is 0.0331. The van der Waals surface area contributed by atoms with Gasteiger partial charge in [0.05, 0.1) is 29.8 Å². The number of rotatable bonds is 3. The van der Waals surface area contributed by atoms with E-state index >= 15 is 0 Å². The van der Waals surface area contributed by atoms with E-state index in [1.807, 2.05) is 13.0 Å². The Morgan fingerprint density at radius 2 is 1.90 bits per heavy atom. The van der Waals surface area contributed by atoms with Crippen LogP contribution < -0.4 is 5.63 Å². The quantitative estimate of drug-likeness (QED) is 0.574. The molecule has 0 unspecified atom stereocenters. The van der Waals surface area contributed by atoms with Crippen molar-refractivity contribution in [3.63, 3.8) is 0 Å². The number of aryl methyl sites for hydroxylation is 1. The minimum Gasteiger partial charge on any atom is -0.464 e. The van der Waals surface area contributed by atoms with Gasteiger partial charge in [-0.2, -0.15) is 0 Å². The van der Waals surface area contributed by atoms with Gasteiger partial charge in [-0.15, -0.1) is 0 Å². The zero-order valence-corrected chi connectivity index (χ0v) is 19.3. The highest BCUT2D eigenvalue weighted by Crippen LogP contribution is 2.35. The number of likely N-dealkylation sites (N-methyl/N-ethyl adjacent to an activating group) is 1. The van der Waals surface area contributed by atoms with Gasteiger partial charge in [0.25, 0.3) is 0 Å². The molecule has 0 aliphatic carbocycles. The molecule has 0 spiro atoms. The van der Waals surface area contributed by atoms with Crippen molar-refractivity contribution in [1.82, 2.24) is 4.90 Å². The van der Waals surface area contributed by atoms with E-state index in [-0.39, 0.29) is 35.3 Å². The first-order valence-electron chi connectivity index (χ1n) is 10.3. The predicted octanol–water partition coefficient (Wildman–Crippen LogP) is 3.33. The molecule has 3 heterocycles. The number of hydrogen-bond acceptors (Lipinski definition) is 6. The van der Waals surface area contributed by atoms with E-state index in [1.54, 1.807) is 19.4 Å². The van der Waals surface area contributed by atoms with Crippen molar-refractivity contribution in [3.05, 3.63) is 45.5 Å². The average molecular weight is 446 g/mol. The van der Waals surface area contributed by atoms with Crippen LogP contribution in [0.1, 0.15) is 43.9 Å². The summed E-state index contributed by atoms with van der Waals surface area (Å²) in [5, 5.41) is 1.70. The second-order valence-electron chi connectivity index (χ2n) is 9.48. The third-order valence-electron chi connectivity index (χ3n) is 6.27. The SMILES string of the molecule is Cc1c(CC(=O)N(C)[C@@H]2CCS(=O)(=O)C2)c(=O)oc2cc3occ(C(C)(C)C)c3cc12. The molecule has 0 N–H and O–H groups in total. The molecule has 0 saturated carbocycles. The van der Waals surface area contributed by atoms with Gasteiger partial charge in [-0.05, 0) is 30.4 Å². The fraction of sp³-hybridized carbons (Fsp3) is 0.478. The Hall–Kier alpha value is -2.61. The summed E-state index contributed by atoms with van der Waals surface area (Å²) >= 11 is 0. The maximum Gasteiger partial charge on any atom is 0.340 e. The molecule has 1 fully saturated rings. The lowest BCUT2D eigenvalue weighted by atomic mass is 9.86. The molecule has 1 aromatic carbocycles. The van der Waals surface area contributed by atoms with Crippen LogP contribution in [0.2, 0.25) is 0 Å². The van der Waals surface area contributed by atoms with Crippen LogP contribution in [0.4, 0.5) is 0 Å². The Morgan fingerprint density at radius 1 is 1.19 bits per heavy atom. The maximum absolute atomic E-state index is 12.8. The molecule has 7 nitrogen and oxygen atoms in total. The predicted molar refractivity (Wildman–Crippen MR) is 119 cm³/mol. The molecule has 1 amide bonds. The summed E-state index contributed by atoms with van der Waals surface area (Å²) in [7, 11) is -1.51. The van der Waals surface area contributed by atoms with E-state index in [1.165, 1.54) is 4.90 Å². The molecular formula is C23H27NO6S. The van der Waals surface area contributed by atoms with E-state index in [0.29, 0.717) is 28.7 Å². The van der Waals surface area contributed by atoms with Gasteiger partial charge < -0.3 is 13.7 Å². The molecule has 1 aliphatic rings. The lowest BCUT2D eigenvalue weighted by Crippen LogP contribution is -2.39. The topological polar surface area (TPSA) is 97.8 Å². The van der Waals surface area contributed by atoms with Crippen molar-refractivity contribution in [2.45, 2.75) is 52.0 Å². The number of amides is 1. The molecular weight excluding hydrogens is 418 g/mol. The number of carbonyl (C=O) groups is 1. The molecule has 1 saturated heterocycles. The summed E-state index contributed by atoms with van der Waals surface area (Å²) in [5.74, 6) is -0.241. The third-order valence-corrected chi connectivity index (χ3v) is 8.02. The molecule has 3 aromatic rings. The highest BCUT2D eigenvalue weighted by Gasteiger charge is 2.33. The Balaban J connectivity index is 1.73. The summed E-state index contributed by atoms with van der Waals surface area (Å²) < 4.78 is 34.7. The van der Waals surface area contributed by atoms with Crippen molar-refractivity contribution >= 4 is 37.7 Å². The van der Waals surface area contributed by atoms with E-state index in [2.05, 4.69) is 20.8 Å². The van der Waals surface area contributed by atoms with Gasteiger partial charge in [0, 0.05) is 35.5 Å². The van der Waals surface area contributed by atoms with Gasteiger partial charge in [-0.3, -0.25) is 4.79 Å². The lowest BCUT2D eigenvalue weighted by molar-refractivity contribution is -0.130. The van der Waals surface area contributed by atoms with Crippen LogP contribution in [-0.4, -0.2) is 43.8 Å². The molecule has 1 aliphatic heterocycles. The van der Waals surface area contributed by atoms with E-state index < -0.39 is 15.5 Å². The number of fused-ring (bicyclic) bond motifs is 2. The molecule has 31 heavy (non-hydrogen) atoms. The van der Waals surface area contributed by atoms with Crippen molar-refractivity contribution in [3.8, 4) is 0 Å². The van der Waals surface area contributed by atoms with Gasteiger partial charge in [0.1, 0.15) is 11.2 Å². The smallest absolute Gasteiger partial charge is 0.340 e. The monoisotopic (exact) mass is 445 g/mol. The van der Waals surface area contributed by atoms with Crippen LogP contribution in [0, 0.1) is 6.92 Å². The van der Waals surface area contributed by atoms with Crippen molar-refractivity contribution in [1.29, 1.82) is 0 Å². The average Bonchev–Trinajstić information content (AvgIpc) is 3.25. The van der Waals surface area contributed by atoms with Crippen molar-refractivity contribution in [2.24, 2.45) is 0 Å². The van der Waals surface area contributed by atoms with Gasteiger partial charge in [-0.25, -0.2) is 13.2 Å². The maximum atomic E-state index is 12.8. The Morgan fingerprint density at radius 3 is 2.52 bits per heavy atom. The van der Waals surface area contributed by atoms with E-state index in [9.17, 15) is 18.0 Å². The summed E-state index contributed by atoms with van der Waals surface area (Å²) in [6, 6.07) is 3.31. The molecule has 0 radical (unpaired) electrons. The number of furan rings is 1. The highest BCUT2D eigenvalue weighted by atomic mass is 32.2. The van der Waals surface area contributed by atoms with Gasteiger partial charge in [0.15, 0.2) is 9.84 Å². The van der Waals surface area contributed by atoms with E-state index in [0.717, 1.165) is 16.3 Å². The molecule has 166 valence electrons. The molecule has 8 heteroatoms. The molecule has 1 atom stereocenters. The lowest BCUT2D eigenvalue weighted by Gasteiger charge is -2.23. The summed E-state index contributed by atoms with van der Waals surface area (Å²) in [4.78, 5) is 27.0. The first kappa shape index (κ1) is 21.6. The number of benzene rings is 1. The van der Waals surface area contributed by atoms with Crippen LogP contribution in [0.25, 0.3) is 21.9 Å². The zero-order valence-electron chi connectivity index (χ0n) is 18.4. The van der Waals surface area contributed by atoms with Crippen LogP contribution in [0.15, 0.2) is 32.0 Å². The largest absolute Gasteiger partial charge is 0.464 e. The Kier molecular flexibility index (Phi) is 5.04. The van der Waals surface area contributed by atoms with Gasteiger partial charge in [-0.1, -0.05) is 20.8 Å². The normalized spacial score (nSPS) is 18.7. The fourth-order valence-corrected chi connectivity index (χ4v) is 6.03. The number of carbonyl (C=O) groups excluding carboxylic acids is 1. The van der Waals surface area contributed by atoms with Crippen LogP contribution >= 0.6 is 0 Å². The first-order valence-corrected chi connectivity index (χ1v) is 12.1. The van der Waals surface area contributed by atoms with E-state index in [4.69, 9.17) is 8.83 Å². The summed E-state index contributed by atoms with van der Waals surface area (Å²) in [5.41, 5.74) is 2.41. The summed E-state index contributed by atoms with van der Waals surface area (Å²) in [6.45, 7) is 8.11. The standard InChI is InChI=1S/C23H27NO6S/c1-13-15-8-17-18(23(2,3)4)11-29-19(17)10-20(15)30-22(26)16(13)9-21(25)24(5)14-6-7-31(27,28)12-14/h8,10-11,14H,6-7,9,12H2,1-5H3/t14-/m1/s1. The first-order chi connectivity index (χ1) is 14.4. The molecule has 4 rings (SSSR count). The fourth-order valence-electron chi connectivity index (χ4n) is 4.26. The van der Waals surface area contributed by atoms with Crippen LogP contribution in [0.3, 0.4) is 0 Å². The third kappa shape index (κ3) is 3.89. The zero-order chi connectivity index (χ0) is 22.7. The second-order valence-corrected chi connectivity index (χ2v) is 11.7. The van der Waals surface area contributed by atoms with Crippen molar-refractivity contribution < 1.29 is 22.0 Å². The van der Waals surface area contributed by atoms with Crippen LogP contribution in [-0.2, 0) is 26.5 Å². The summed E-state index contributed by atoms with van der Waals surface area (Å²) in [6.07, 6.45) is 2.02. The minimum atomic E-state index is -3.11. The van der Waals surface area contributed by atoms with Crippen LogP contribution in [0.5, 0.6) is 0 Å². The van der Waals surface area contributed by atoms with Crippen molar-refractivity contribution in [2.75, 3.05) is 18.6 Å². The number of sulfone groups is 1. The number of hydrogen-bond donors (Lipinski definition) is 0. The molecule has 0 bridgehead atoms. The number of nitrogens with zero attached hydrogens (tertiary/aromatic N) is 1. The second kappa shape index (κ2) is 7.22.